The van der Waals surface area contributed by atoms with Crippen molar-refractivity contribution in [2.45, 2.75) is 32.2 Å². The van der Waals surface area contributed by atoms with Crippen LogP contribution in [0.15, 0.2) is 24.3 Å². The number of methoxy groups -OCH3 is 1. The predicted octanol–water partition coefficient (Wildman–Crippen LogP) is 1.98. The molecule has 1 aliphatic rings. The van der Waals surface area contributed by atoms with Crippen LogP contribution in [-0.4, -0.2) is 38.5 Å². The number of rotatable bonds is 5. The van der Waals surface area contributed by atoms with E-state index in [1.54, 1.807) is 7.11 Å². The first kappa shape index (κ1) is 14.3. The SMILES string of the molecule is COc1ccccc1COCC1CNCC(C)(C)O1. The lowest BCUT2D eigenvalue weighted by Gasteiger charge is -2.36. The van der Waals surface area contributed by atoms with Crippen molar-refractivity contribution < 1.29 is 14.2 Å². The summed E-state index contributed by atoms with van der Waals surface area (Å²) in [5.74, 6) is 0.866. The molecule has 4 nitrogen and oxygen atoms in total. The Morgan fingerprint density at radius 1 is 1.37 bits per heavy atom. The van der Waals surface area contributed by atoms with Crippen LogP contribution in [0.2, 0.25) is 0 Å². The van der Waals surface area contributed by atoms with Crippen LogP contribution >= 0.6 is 0 Å². The lowest BCUT2D eigenvalue weighted by molar-refractivity contribution is -0.122. The minimum Gasteiger partial charge on any atom is -0.496 e. The Hall–Kier alpha value is -1.10. The zero-order valence-electron chi connectivity index (χ0n) is 11.9. The third kappa shape index (κ3) is 4.20. The monoisotopic (exact) mass is 265 g/mol. The fourth-order valence-corrected chi connectivity index (χ4v) is 2.28. The number of benzene rings is 1. The highest BCUT2D eigenvalue weighted by Crippen LogP contribution is 2.19. The highest BCUT2D eigenvalue weighted by Gasteiger charge is 2.28. The van der Waals surface area contributed by atoms with Gasteiger partial charge in [-0.15, -0.1) is 0 Å². The van der Waals surface area contributed by atoms with Crippen LogP contribution in [0, 0.1) is 0 Å². The van der Waals surface area contributed by atoms with E-state index >= 15 is 0 Å². The van der Waals surface area contributed by atoms with Gasteiger partial charge in [0.05, 0.1) is 32.0 Å². The Bertz CT molecular complexity index is 406. The Labute approximate surface area is 115 Å². The van der Waals surface area contributed by atoms with Gasteiger partial charge in [0.2, 0.25) is 0 Å². The fourth-order valence-electron chi connectivity index (χ4n) is 2.28. The van der Waals surface area contributed by atoms with E-state index < -0.39 is 0 Å². The predicted molar refractivity (Wildman–Crippen MR) is 74.5 cm³/mol. The molecule has 106 valence electrons. The van der Waals surface area contributed by atoms with Gasteiger partial charge in [0.15, 0.2) is 0 Å². The lowest BCUT2D eigenvalue weighted by Crippen LogP contribution is -2.51. The molecule has 1 saturated heterocycles. The molecule has 0 amide bonds. The second kappa shape index (κ2) is 6.37. The summed E-state index contributed by atoms with van der Waals surface area (Å²) >= 11 is 0. The smallest absolute Gasteiger partial charge is 0.124 e. The second-order valence-corrected chi connectivity index (χ2v) is 5.46. The van der Waals surface area contributed by atoms with Crippen LogP contribution in [0.25, 0.3) is 0 Å². The number of hydrogen-bond donors (Lipinski definition) is 1. The normalized spacial score (nSPS) is 22.2. The zero-order chi connectivity index (χ0) is 13.7. The molecule has 0 radical (unpaired) electrons. The Kier molecular flexibility index (Phi) is 4.80. The molecular weight excluding hydrogens is 242 g/mol. The molecule has 1 fully saturated rings. The maximum Gasteiger partial charge on any atom is 0.124 e. The van der Waals surface area contributed by atoms with E-state index in [4.69, 9.17) is 14.2 Å². The van der Waals surface area contributed by atoms with Crippen LogP contribution in [0.1, 0.15) is 19.4 Å². The summed E-state index contributed by atoms with van der Waals surface area (Å²) in [7, 11) is 1.68. The molecule has 1 heterocycles. The Morgan fingerprint density at radius 2 is 2.16 bits per heavy atom. The summed E-state index contributed by atoms with van der Waals surface area (Å²) in [5, 5.41) is 3.37. The minimum atomic E-state index is -0.114. The first-order valence-electron chi connectivity index (χ1n) is 6.69. The molecule has 0 saturated carbocycles. The van der Waals surface area contributed by atoms with E-state index in [2.05, 4.69) is 19.2 Å². The van der Waals surface area contributed by atoms with Crippen LogP contribution in [0.4, 0.5) is 0 Å². The summed E-state index contributed by atoms with van der Waals surface area (Å²) in [5.41, 5.74) is 0.949. The molecule has 0 aliphatic carbocycles. The van der Waals surface area contributed by atoms with Crippen LogP contribution < -0.4 is 10.1 Å². The van der Waals surface area contributed by atoms with E-state index in [0.29, 0.717) is 13.2 Å². The molecule has 1 aliphatic heterocycles. The van der Waals surface area contributed by atoms with Gasteiger partial charge < -0.3 is 19.5 Å². The average molecular weight is 265 g/mol. The molecule has 4 heteroatoms. The Balaban J connectivity index is 1.80. The number of ether oxygens (including phenoxy) is 3. The fraction of sp³-hybridized carbons (Fsp3) is 0.600. The van der Waals surface area contributed by atoms with Gasteiger partial charge in [0.1, 0.15) is 5.75 Å². The molecule has 0 bridgehead atoms. The molecule has 1 aromatic rings. The van der Waals surface area contributed by atoms with E-state index in [0.717, 1.165) is 24.4 Å². The van der Waals surface area contributed by atoms with Crippen molar-refractivity contribution in [3.63, 3.8) is 0 Å². The van der Waals surface area contributed by atoms with Gasteiger partial charge in [-0.1, -0.05) is 18.2 Å². The maximum atomic E-state index is 5.95. The molecule has 19 heavy (non-hydrogen) atoms. The van der Waals surface area contributed by atoms with E-state index in [1.807, 2.05) is 24.3 Å². The largest absolute Gasteiger partial charge is 0.496 e. The van der Waals surface area contributed by atoms with Gasteiger partial charge in [-0.2, -0.15) is 0 Å². The summed E-state index contributed by atoms with van der Waals surface area (Å²) < 4.78 is 17.0. The molecule has 1 aromatic carbocycles. The van der Waals surface area contributed by atoms with Crippen molar-refractivity contribution in [2.24, 2.45) is 0 Å². The van der Waals surface area contributed by atoms with Gasteiger partial charge in [0.25, 0.3) is 0 Å². The second-order valence-electron chi connectivity index (χ2n) is 5.46. The first-order valence-corrected chi connectivity index (χ1v) is 6.69. The molecule has 0 aromatic heterocycles. The van der Waals surface area contributed by atoms with Crippen molar-refractivity contribution in [1.82, 2.24) is 5.32 Å². The third-order valence-corrected chi connectivity index (χ3v) is 3.16. The van der Waals surface area contributed by atoms with E-state index in [9.17, 15) is 0 Å². The summed E-state index contributed by atoms with van der Waals surface area (Å²) in [4.78, 5) is 0. The lowest BCUT2D eigenvalue weighted by atomic mass is 10.1. The standard InChI is InChI=1S/C15H23NO3/c1-15(2)11-16-8-13(19-15)10-18-9-12-6-4-5-7-14(12)17-3/h4-7,13,16H,8-11H2,1-3H3. The molecule has 0 spiro atoms. The topological polar surface area (TPSA) is 39.7 Å². The molecule has 2 rings (SSSR count). The summed E-state index contributed by atoms with van der Waals surface area (Å²) in [6.07, 6.45) is 0.110. The highest BCUT2D eigenvalue weighted by atomic mass is 16.5. The number of para-hydroxylation sites is 1. The van der Waals surface area contributed by atoms with Gasteiger partial charge in [-0.25, -0.2) is 0 Å². The highest BCUT2D eigenvalue weighted by molar-refractivity contribution is 5.32. The molecular formula is C15H23NO3. The van der Waals surface area contributed by atoms with Gasteiger partial charge in [-0.3, -0.25) is 0 Å². The maximum absolute atomic E-state index is 5.95. The quantitative estimate of drug-likeness (QED) is 0.883. The van der Waals surface area contributed by atoms with Crippen molar-refractivity contribution in [1.29, 1.82) is 0 Å². The summed E-state index contributed by atoms with van der Waals surface area (Å²) in [6.45, 7) is 7.04. The summed E-state index contributed by atoms with van der Waals surface area (Å²) in [6, 6.07) is 7.91. The third-order valence-electron chi connectivity index (χ3n) is 3.16. The molecule has 1 atom stereocenters. The van der Waals surface area contributed by atoms with Crippen LogP contribution in [0.5, 0.6) is 5.75 Å². The van der Waals surface area contributed by atoms with Gasteiger partial charge in [0, 0.05) is 18.7 Å². The van der Waals surface area contributed by atoms with Gasteiger partial charge in [-0.05, 0) is 19.9 Å². The number of nitrogens with one attached hydrogen (secondary N) is 1. The van der Waals surface area contributed by atoms with Gasteiger partial charge >= 0.3 is 0 Å². The minimum absolute atomic E-state index is 0.110. The van der Waals surface area contributed by atoms with Crippen LogP contribution in [0.3, 0.4) is 0 Å². The van der Waals surface area contributed by atoms with Crippen molar-refractivity contribution in [2.75, 3.05) is 26.8 Å². The van der Waals surface area contributed by atoms with E-state index in [-0.39, 0.29) is 11.7 Å². The zero-order valence-corrected chi connectivity index (χ0v) is 11.9. The first-order chi connectivity index (χ1) is 9.11. The average Bonchev–Trinajstić information content (AvgIpc) is 2.38. The van der Waals surface area contributed by atoms with Crippen molar-refractivity contribution >= 4 is 0 Å². The number of morpholine rings is 1. The number of hydrogen-bond acceptors (Lipinski definition) is 4. The Morgan fingerprint density at radius 3 is 2.89 bits per heavy atom. The van der Waals surface area contributed by atoms with E-state index in [1.165, 1.54) is 0 Å². The van der Waals surface area contributed by atoms with Crippen molar-refractivity contribution in [3.05, 3.63) is 29.8 Å². The molecule has 1 N–H and O–H groups in total. The molecule has 1 unspecified atom stereocenters. The van der Waals surface area contributed by atoms with Crippen LogP contribution in [-0.2, 0) is 16.1 Å². The van der Waals surface area contributed by atoms with Crippen molar-refractivity contribution in [3.8, 4) is 5.75 Å².